The van der Waals surface area contributed by atoms with Crippen molar-refractivity contribution in [2.24, 2.45) is 0 Å². The van der Waals surface area contributed by atoms with Crippen molar-refractivity contribution in [1.82, 2.24) is 0 Å². The molecule has 0 saturated heterocycles. The van der Waals surface area contributed by atoms with Gasteiger partial charge >= 0.3 is 0 Å². The second kappa shape index (κ2) is 5.81. The molecule has 0 saturated carbocycles. The van der Waals surface area contributed by atoms with E-state index in [0.29, 0.717) is 0 Å². The van der Waals surface area contributed by atoms with Crippen molar-refractivity contribution in [3.8, 4) is 12.3 Å². The molecule has 0 aliphatic heterocycles. The topological polar surface area (TPSA) is 43.4 Å². The van der Waals surface area contributed by atoms with Crippen molar-refractivity contribution in [2.45, 2.75) is 19.8 Å². The first-order valence-corrected chi connectivity index (χ1v) is 5.09. The average molecular weight is 188 g/mol. The van der Waals surface area contributed by atoms with Gasteiger partial charge in [-0.2, -0.15) is 8.42 Å². The standard InChI is InChI=1S/C8H12O3S/c1-3-5-6-8-12(9,10)11-7-4-2/h2,6,8H,3,5,7H2,1H3. The lowest BCUT2D eigenvalue weighted by Crippen LogP contribution is -2.01. The van der Waals surface area contributed by atoms with Gasteiger partial charge in [0.05, 0.1) is 5.41 Å². The Balaban J connectivity index is 3.98. The maximum atomic E-state index is 10.9. The van der Waals surface area contributed by atoms with E-state index in [9.17, 15) is 8.42 Å². The van der Waals surface area contributed by atoms with E-state index >= 15 is 0 Å². The third kappa shape index (κ3) is 5.96. The summed E-state index contributed by atoms with van der Waals surface area (Å²) in [5, 5.41) is 1.04. The van der Waals surface area contributed by atoms with Crippen LogP contribution in [0, 0.1) is 12.3 Å². The first kappa shape index (κ1) is 11.2. The van der Waals surface area contributed by atoms with Gasteiger partial charge in [-0.25, -0.2) is 0 Å². The number of unbranched alkanes of at least 4 members (excludes halogenated alkanes) is 1. The van der Waals surface area contributed by atoms with Gasteiger partial charge in [0.15, 0.2) is 0 Å². The molecule has 0 N–H and O–H groups in total. The highest BCUT2D eigenvalue weighted by molar-refractivity contribution is 7.89. The maximum Gasteiger partial charge on any atom is 0.290 e. The highest BCUT2D eigenvalue weighted by Gasteiger charge is 2.02. The molecule has 0 bridgehead atoms. The fraction of sp³-hybridized carbons (Fsp3) is 0.500. The predicted molar refractivity (Wildman–Crippen MR) is 47.8 cm³/mol. The third-order valence-corrected chi connectivity index (χ3v) is 2.00. The summed E-state index contributed by atoms with van der Waals surface area (Å²) in [4.78, 5) is 0. The van der Waals surface area contributed by atoms with Crippen molar-refractivity contribution in [3.05, 3.63) is 11.5 Å². The first-order valence-electron chi connectivity index (χ1n) is 3.62. The molecule has 0 aromatic heterocycles. The largest absolute Gasteiger partial charge is 0.290 e. The molecule has 0 aromatic carbocycles. The highest BCUT2D eigenvalue weighted by Crippen LogP contribution is 1.97. The van der Waals surface area contributed by atoms with Crippen LogP contribution in [-0.4, -0.2) is 15.0 Å². The van der Waals surface area contributed by atoms with Crippen LogP contribution in [0.5, 0.6) is 0 Å². The van der Waals surface area contributed by atoms with Crippen molar-refractivity contribution >= 4 is 10.1 Å². The Kier molecular flexibility index (Phi) is 5.43. The number of hydrogen-bond acceptors (Lipinski definition) is 3. The smallest absolute Gasteiger partial charge is 0.254 e. The summed E-state index contributed by atoms with van der Waals surface area (Å²) in [5.41, 5.74) is 0. The number of allylic oxidation sites excluding steroid dienone is 1. The van der Waals surface area contributed by atoms with Crippen LogP contribution in [0.1, 0.15) is 19.8 Å². The Morgan fingerprint density at radius 1 is 1.58 bits per heavy atom. The van der Waals surface area contributed by atoms with Crippen LogP contribution in [0.4, 0.5) is 0 Å². The van der Waals surface area contributed by atoms with Crippen LogP contribution in [0.2, 0.25) is 0 Å². The predicted octanol–water partition coefficient (Wildman–Crippen LogP) is 1.28. The summed E-state index contributed by atoms with van der Waals surface area (Å²) in [6.07, 6.45) is 8.00. The van der Waals surface area contributed by atoms with Gasteiger partial charge in [0, 0.05) is 0 Å². The van der Waals surface area contributed by atoms with Crippen LogP contribution >= 0.6 is 0 Å². The summed E-state index contributed by atoms with van der Waals surface area (Å²) in [5.74, 6) is 2.08. The Morgan fingerprint density at radius 2 is 2.25 bits per heavy atom. The summed E-state index contributed by atoms with van der Waals surface area (Å²) in [6.45, 7) is 1.75. The molecule has 0 aromatic rings. The van der Waals surface area contributed by atoms with Gasteiger partial charge in [-0.3, -0.25) is 4.18 Å². The Morgan fingerprint density at radius 3 is 2.75 bits per heavy atom. The second-order valence-electron chi connectivity index (χ2n) is 2.12. The number of rotatable bonds is 5. The number of hydrogen-bond donors (Lipinski definition) is 0. The van der Waals surface area contributed by atoms with E-state index in [1.54, 1.807) is 6.08 Å². The molecule has 0 radical (unpaired) electrons. The minimum atomic E-state index is -3.54. The molecule has 0 fully saturated rings. The summed E-state index contributed by atoms with van der Waals surface area (Å²) < 4.78 is 26.1. The lowest BCUT2D eigenvalue weighted by molar-refractivity contribution is 0.370. The zero-order valence-corrected chi connectivity index (χ0v) is 7.80. The zero-order valence-electron chi connectivity index (χ0n) is 6.99. The lowest BCUT2D eigenvalue weighted by Gasteiger charge is -1.94. The molecule has 0 aliphatic rings. The van der Waals surface area contributed by atoms with E-state index in [2.05, 4.69) is 10.1 Å². The molecule has 0 rings (SSSR count). The van der Waals surface area contributed by atoms with Crippen LogP contribution in [0.3, 0.4) is 0 Å². The quantitative estimate of drug-likeness (QED) is 0.482. The molecule has 0 spiro atoms. The minimum Gasteiger partial charge on any atom is -0.254 e. The van der Waals surface area contributed by atoms with Crippen LogP contribution in [0.15, 0.2) is 11.5 Å². The molecule has 4 heteroatoms. The molecule has 68 valence electrons. The van der Waals surface area contributed by atoms with E-state index in [-0.39, 0.29) is 6.61 Å². The monoisotopic (exact) mass is 188 g/mol. The van der Waals surface area contributed by atoms with Gasteiger partial charge in [0.1, 0.15) is 6.61 Å². The second-order valence-corrected chi connectivity index (χ2v) is 3.61. The lowest BCUT2D eigenvalue weighted by atomic mass is 10.3. The normalized spacial score (nSPS) is 11.7. The zero-order chi connectivity index (χ0) is 9.45. The molecular weight excluding hydrogens is 176 g/mol. The van der Waals surface area contributed by atoms with Crippen molar-refractivity contribution in [1.29, 1.82) is 0 Å². The van der Waals surface area contributed by atoms with Crippen molar-refractivity contribution in [2.75, 3.05) is 6.61 Å². The fourth-order valence-electron chi connectivity index (χ4n) is 0.508. The van der Waals surface area contributed by atoms with Gasteiger partial charge in [0.2, 0.25) is 0 Å². The van der Waals surface area contributed by atoms with E-state index < -0.39 is 10.1 Å². The van der Waals surface area contributed by atoms with Gasteiger partial charge in [-0.1, -0.05) is 25.3 Å². The third-order valence-electron chi connectivity index (χ3n) is 1.02. The minimum absolute atomic E-state index is 0.210. The van der Waals surface area contributed by atoms with Gasteiger partial charge in [-0.15, -0.1) is 6.42 Å². The van der Waals surface area contributed by atoms with E-state index in [1.165, 1.54) is 0 Å². The SMILES string of the molecule is C#CCOS(=O)(=O)C=CCCC. The molecular formula is C8H12O3S. The summed E-state index contributed by atoms with van der Waals surface area (Å²) in [7, 11) is -3.54. The van der Waals surface area contributed by atoms with E-state index in [1.807, 2.05) is 6.92 Å². The van der Waals surface area contributed by atoms with Crippen LogP contribution in [0.25, 0.3) is 0 Å². The maximum absolute atomic E-state index is 10.9. The Bertz CT molecular complexity index is 269. The molecule has 0 aliphatic carbocycles. The fourth-order valence-corrected chi connectivity index (χ4v) is 1.19. The molecule has 3 nitrogen and oxygen atoms in total. The van der Waals surface area contributed by atoms with E-state index in [0.717, 1.165) is 18.2 Å². The summed E-state index contributed by atoms with van der Waals surface area (Å²) >= 11 is 0. The molecule has 12 heavy (non-hydrogen) atoms. The molecule has 0 heterocycles. The van der Waals surface area contributed by atoms with Gasteiger partial charge in [-0.05, 0) is 6.42 Å². The first-order chi connectivity index (χ1) is 5.62. The van der Waals surface area contributed by atoms with Crippen LogP contribution < -0.4 is 0 Å². The highest BCUT2D eigenvalue weighted by atomic mass is 32.2. The van der Waals surface area contributed by atoms with Crippen molar-refractivity contribution in [3.63, 3.8) is 0 Å². The molecule has 0 atom stereocenters. The van der Waals surface area contributed by atoms with Gasteiger partial charge < -0.3 is 0 Å². The molecule has 0 amide bonds. The average Bonchev–Trinajstić information content (AvgIpc) is 2.01. The Hall–Kier alpha value is -0.790. The van der Waals surface area contributed by atoms with Crippen LogP contribution in [-0.2, 0) is 14.3 Å². The summed E-state index contributed by atoms with van der Waals surface area (Å²) in [6, 6.07) is 0. The van der Waals surface area contributed by atoms with Gasteiger partial charge in [0.25, 0.3) is 10.1 Å². The molecule has 0 unspecified atom stereocenters. The Labute approximate surface area is 73.6 Å². The van der Waals surface area contributed by atoms with E-state index in [4.69, 9.17) is 6.42 Å². The van der Waals surface area contributed by atoms with Crippen molar-refractivity contribution < 1.29 is 12.6 Å². The number of terminal acetylenes is 1.